The molecule has 2 aromatic rings. The largest absolute Gasteiger partial charge is 0.497 e. The molecule has 0 bridgehead atoms. The number of guanidine groups is 1. The highest BCUT2D eigenvalue weighted by Crippen LogP contribution is 2.27. The number of aliphatic imine (C=N–C) groups is 1. The lowest BCUT2D eigenvalue weighted by Gasteiger charge is -2.13. The first-order chi connectivity index (χ1) is 14.2. The Labute approximate surface area is 173 Å². The molecule has 0 fully saturated rings. The zero-order valence-corrected chi connectivity index (χ0v) is 17.7. The van der Waals surface area contributed by atoms with Crippen molar-refractivity contribution >= 4 is 5.96 Å². The Balaban J connectivity index is 1.66. The van der Waals surface area contributed by atoms with Gasteiger partial charge in [0.25, 0.3) is 0 Å². The fraction of sp³-hybridized carbons (Fsp3) is 0.409. The van der Waals surface area contributed by atoms with E-state index >= 15 is 0 Å². The molecule has 0 spiro atoms. The van der Waals surface area contributed by atoms with Gasteiger partial charge in [-0.25, -0.2) is 0 Å². The predicted molar refractivity (Wildman–Crippen MR) is 116 cm³/mol. The standard InChI is InChI=1S/C22H31N3O4/c1-23-22(24-12-6-14-29-19-8-5-7-18(16-19)26-2)25-13-11-17-9-10-20(27-3)21(15-17)28-4/h5,7-10,15-16H,6,11-14H2,1-4H3,(H2,23,24,25). The molecule has 2 rings (SSSR count). The summed E-state index contributed by atoms with van der Waals surface area (Å²) >= 11 is 0. The monoisotopic (exact) mass is 401 g/mol. The Morgan fingerprint density at radius 2 is 1.62 bits per heavy atom. The van der Waals surface area contributed by atoms with Crippen LogP contribution in [0.25, 0.3) is 0 Å². The quantitative estimate of drug-likeness (QED) is 0.343. The zero-order valence-electron chi connectivity index (χ0n) is 17.7. The topological polar surface area (TPSA) is 73.3 Å². The van der Waals surface area contributed by atoms with Gasteiger partial charge in [-0.1, -0.05) is 12.1 Å². The third kappa shape index (κ3) is 7.44. The molecular formula is C22H31N3O4. The Bertz CT molecular complexity index is 780. The predicted octanol–water partition coefficient (Wildman–Crippen LogP) is 2.89. The second kappa shape index (κ2) is 12.4. The summed E-state index contributed by atoms with van der Waals surface area (Å²) in [5, 5.41) is 6.61. The minimum atomic E-state index is 0.614. The van der Waals surface area contributed by atoms with Crippen LogP contribution in [0.5, 0.6) is 23.0 Å². The fourth-order valence-electron chi connectivity index (χ4n) is 2.74. The van der Waals surface area contributed by atoms with Gasteiger partial charge in [-0.05, 0) is 42.7 Å². The summed E-state index contributed by atoms with van der Waals surface area (Å²) in [6.45, 7) is 2.14. The fourth-order valence-corrected chi connectivity index (χ4v) is 2.74. The van der Waals surface area contributed by atoms with E-state index < -0.39 is 0 Å². The lowest BCUT2D eigenvalue weighted by molar-refractivity contribution is 0.308. The Morgan fingerprint density at radius 3 is 2.34 bits per heavy atom. The Kier molecular flexibility index (Phi) is 9.48. The number of hydrogen-bond acceptors (Lipinski definition) is 5. The molecule has 0 aliphatic carbocycles. The number of hydrogen-bond donors (Lipinski definition) is 2. The summed E-state index contributed by atoms with van der Waals surface area (Å²) in [7, 11) is 6.69. The lowest BCUT2D eigenvalue weighted by atomic mass is 10.1. The first-order valence-electron chi connectivity index (χ1n) is 9.62. The molecule has 7 nitrogen and oxygen atoms in total. The molecule has 0 aliphatic rings. The summed E-state index contributed by atoms with van der Waals surface area (Å²) in [5.74, 6) is 3.84. The maximum Gasteiger partial charge on any atom is 0.190 e. The number of nitrogens with zero attached hydrogens (tertiary/aromatic N) is 1. The molecule has 0 saturated heterocycles. The average Bonchev–Trinajstić information content (AvgIpc) is 2.77. The van der Waals surface area contributed by atoms with Crippen molar-refractivity contribution in [3.63, 3.8) is 0 Å². The Morgan fingerprint density at radius 1 is 0.862 bits per heavy atom. The van der Waals surface area contributed by atoms with Crippen molar-refractivity contribution in [2.24, 2.45) is 4.99 Å². The third-order valence-corrected chi connectivity index (χ3v) is 4.30. The summed E-state index contributed by atoms with van der Waals surface area (Å²) in [6, 6.07) is 13.6. The minimum Gasteiger partial charge on any atom is -0.497 e. The molecule has 7 heteroatoms. The van der Waals surface area contributed by atoms with E-state index in [0.717, 1.165) is 60.5 Å². The van der Waals surface area contributed by atoms with Crippen LogP contribution in [-0.2, 0) is 6.42 Å². The van der Waals surface area contributed by atoms with Crippen molar-refractivity contribution in [2.45, 2.75) is 12.8 Å². The second-order valence-electron chi connectivity index (χ2n) is 6.25. The molecule has 0 unspecified atom stereocenters. The van der Waals surface area contributed by atoms with Gasteiger partial charge in [0.1, 0.15) is 11.5 Å². The van der Waals surface area contributed by atoms with Crippen LogP contribution in [0.3, 0.4) is 0 Å². The van der Waals surface area contributed by atoms with Gasteiger partial charge in [-0.3, -0.25) is 4.99 Å². The maximum absolute atomic E-state index is 5.74. The van der Waals surface area contributed by atoms with E-state index in [-0.39, 0.29) is 0 Å². The smallest absolute Gasteiger partial charge is 0.190 e. The number of methoxy groups -OCH3 is 3. The van der Waals surface area contributed by atoms with Gasteiger partial charge < -0.3 is 29.6 Å². The molecule has 0 heterocycles. The highest BCUT2D eigenvalue weighted by molar-refractivity contribution is 5.79. The van der Waals surface area contributed by atoms with Gasteiger partial charge >= 0.3 is 0 Å². The van der Waals surface area contributed by atoms with E-state index in [1.54, 1.807) is 28.4 Å². The first kappa shape index (κ1) is 22.2. The summed E-state index contributed by atoms with van der Waals surface area (Å²) in [5.41, 5.74) is 1.16. The molecule has 2 N–H and O–H groups in total. The van der Waals surface area contributed by atoms with Crippen molar-refractivity contribution in [1.29, 1.82) is 0 Å². The molecule has 0 aromatic heterocycles. The van der Waals surface area contributed by atoms with Gasteiger partial charge in [0.15, 0.2) is 17.5 Å². The number of ether oxygens (including phenoxy) is 4. The second-order valence-corrected chi connectivity index (χ2v) is 6.25. The summed E-state index contributed by atoms with van der Waals surface area (Å²) in [4.78, 5) is 4.25. The van der Waals surface area contributed by atoms with Gasteiger partial charge in [-0.15, -0.1) is 0 Å². The van der Waals surface area contributed by atoms with Crippen LogP contribution in [0.2, 0.25) is 0 Å². The van der Waals surface area contributed by atoms with E-state index in [9.17, 15) is 0 Å². The molecule has 0 saturated carbocycles. The van der Waals surface area contributed by atoms with Crippen molar-refractivity contribution in [3.8, 4) is 23.0 Å². The van der Waals surface area contributed by atoms with E-state index in [1.165, 1.54) is 0 Å². The molecule has 0 atom stereocenters. The third-order valence-electron chi connectivity index (χ3n) is 4.30. The SMILES string of the molecule is CN=C(NCCCOc1cccc(OC)c1)NCCc1ccc(OC)c(OC)c1. The van der Waals surface area contributed by atoms with E-state index in [1.807, 2.05) is 42.5 Å². The highest BCUT2D eigenvalue weighted by atomic mass is 16.5. The normalized spacial score (nSPS) is 11.0. The van der Waals surface area contributed by atoms with E-state index in [2.05, 4.69) is 15.6 Å². The number of benzene rings is 2. The van der Waals surface area contributed by atoms with Crippen LogP contribution in [0.15, 0.2) is 47.5 Å². The first-order valence-corrected chi connectivity index (χ1v) is 9.62. The van der Waals surface area contributed by atoms with Gasteiger partial charge in [0.05, 0.1) is 27.9 Å². The van der Waals surface area contributed by atoms with Crippen molar-refractivity contribution in [2.75, 3.05) is 48.1 Å². The van der Waals surface area contributed by atoms with E-state index in [0.29, 0.717) is 6.61 Å². The van der Waals surface area contributed by atoms with Crippen LogP contribution in [-0.4, -0.2) is 54.0 Å². The molecule has 0 radical (unpaired) electrons. The average molecular weight is 402 g/mol. The molecular weight excluding hydrogens is 370 g/mol. The van der Waals surface area contributed by atoms with Gasteiger partial charge in [0, 0.05) is 26.2 Å². The number of rotatable bonds is 11. The number of nitrogens with one attached hydrogen (secondary N) is 2. The van der Waals surface area contributed by atoms with Crippen LogP contribution in [0, 0.1) is 0 Å². The molecule has 158 valence electrons. The summed E-state index contributed by atoms with van der Waals surface area (Å²) < 4.78 is 21.5. The molecule has 0 aliphatic heterocycles. The summed E-state index contributed by atoms with van der Waals surface area (Å²) in [6.07, 6.45) is 1.70. The zero-order chi connectivity index (χ0) is 20.9. The molecule has 2 aromatic carbocycles. The molecule has 0 amide bonds. The van der Waals surface area contributed by atoms with E-state index in [4.69, 9.17) is 18.9 Å². The maximum atomic E-state index is 5.74. The lowest BCUT2D eigenvalue weighted by Crippen LogP contribution is -2.39. The van der Waals surface area contributed by atoms with Crippen LogP contribution >= 0.6 is 0 Å². The van der Waals surface area contributed by atoms with Crippen LogP contribution < -0.4 is 29.6 Å². The van der Waals surface area contributed by atoms with Gasteiger partial charge in [0.2, 0.25) is 0 Å². The highest BCUT2D eigenvalue weighted by Gasteiger charge is 2.05. The van der Waals surface area contributed by atoms with Crippen molar-refractivity contribution in [1.82, 2.24) is 10.6 Å². The van der Waals surface area contributed by atoms with Crippen LogP contribution in [0.1, 0.15) is 12.0 Å². The van der Waals surface area contributed by atoms with Crippen molar-refractivity contribution in [3.05, 3.63) is 48.0 Å². The minimum absolute atomic E-state index is 0.614. The van der Waals surface area contributed by atoms with Crippen molar-refractivity contribution < 1.29 is 18.9 Å². The molecule has 29 heavy (non-hydrogen) atoms. The van der Waals surface area contributed by atoms with Crippen LogP contribution in [0.4, 0.5) is 0 Å². The Hall–Kier alpha value is -3.09. The van der Waals surface area contributed by atoms with Gasteiger partial charge in [-0.2, -0.15) is 0 Å².